The van der Waals surface area contributed by atoms with Gasteiger partial charge in [-0.05, 0) is 38.2 Å². The van der Waals surface area contributed by atoms with Crippen LogP contribution in [0.1, 0.15) is 50.1 Å². The van der Waals surface area contributed by atoms with E-state index in [1.165, 1.54) is 25.6 Å². The Kier molecular flexibility index (Phi) is 6.55. The number of hydrogen-bond acceptors (Lipinski definition) is 7. The monoisotopic (exact) mass is 446 g/mol. The van der Waals surface area contributed by atoms with E-state index in [1.807, 2.05) is 23.4 Å². The van der Waals surface area contributed by atoms with Crippen molar-refractivity contribution in [1.82, 2.24) is 34.6 Å². The molecule has 9 heteroatoms. The Morgan fingerprint density at radius 1 is 1.06 bits per heavy atom. The fourth-order valence-electron chi connectivity index (χ4n) is 4.83. The van der Waals surface area contributed by atoms with Crippen LogP contribution in [0.3, 0.4) is 0 Å². The second kappa shape index (κ2) is 10.1. The summed E-state index contributed by atoms with van der Waals surface area (Å²) in [5.41, 5.74) is 3.07. The predicted octanol–water partition coefficient (Wildman–Crippen LogP) is 2.92. The lowest BCUT2D eigenvalue weighted by Gasteiger charge is -2.34. The molecule has 2 aliphatic heterocycles. The smallest absolute Gasteiger partial charge is 0.225 e. The van der Waals surface area contributed by atoms with Crippen molar-refractivity contribution in [2.24, 2.45) is 0 Å². The van der Waals surface area contributed by atoms with Crippen LogP contribution in [-0.4, -0.2) is 66.7 Å². The average molecular weight is 447 g/mol. The SMILES string of the molecule is O=C(CCn1cncn1)N1CCC[C@H](c2nc(N3CCCCC3)ncc2-c2cccnc2)C1. The van der Waals surface area contributed by atoms with Crippen molar-refractivity contribution in [2.75, 3.05) is 31.1 Å². The number of piperidine rings is 2. The van der Waals surface area contributed by atoms with Gasteiger partial charge >= 0.3 is 0 Å². The van der Waals surface area contributed by atoms with Gasteiger partial charge < -0.3 is 9.80 Å². The van der Waals surface area contributed by atoms with Crippen molar-refractivity contribution >= 4 is 11.9 Å². The van der Waals surface area contributed by atoms with Crippen molar-refractivity contribution in [2.45, 2.75) is 51.0 Å². The second-order valence-corrected chi connectivity index (χ2v) is 8.85. The topological polar surface area (TPSA) is 92.9 Å². The molecule has 0 bridgehead atoms. The summed E-state index contributed by atoms with van der Waals surface area (Å²) in [4.78, 5) is 35.3. The Labute approximate surface area is 193 Å². The Hall–Kier alpha value is -3.36. The average Bonchev–Trinajstić information content (AvgIpc) is 3.42. The molecule has 0 aliphatic carbocycles. The lowest BCUT2D eigenvalue weighted by molar-refractivity contribution is -0.132. The van der Waals surface area contributed by atoms with Gasteiger partial charge in [0.05, 0.1) is 12.2 Å². The summed E-state index contributed by atoms with van der Waals surface area (Å²) >= 11 is 0. The minimum absolute atomic E-state index is 0.156. The van der Waals surface area contributed by atoms with Crippen molar-refractivity contribution < 1.29 is 4.79 Å². The lowest BCUT2D eigenvalue weighted by atomic mass is 9.90. The van der Waals surface area contributed by atoms with E-state index < -0.39 is 0 Å². The summed E-state index contributed by atoms with van der Waals surface area (Å²) in [6.07, 6.45) is 14.8. The first-order valence-corrected chi connectivity index (χ1v) is 11.9. The minimum atomic E-state index is 0.156. The van der Waals surface area contributed by atoms with Crippen LogP contribution in [-0.2, 0) is 11.3 Å². The maximum absolute atomic E-state index is 13.0. The molecule has 0 N–H and O–H groups in total. The fourth-order valence-corrected chi connectivity index (χ4v) is 4.83. The molecule has 2 aliphatic rings. The molecular weight excluding hydrogens is 416 g/mol. The highest BCUT2D eigenvalue weighted by Crippen LogP contribution is 2.34. The molecule has 5 heterocycles. The minimum Gasteiger partial charge on any atom is -0.342 e. The molecule has 0 unspecified atom stereocenters. The standard InChI is InChI=1S/C24H30N8O/c33-22(8-13-32-18-26-17-28-32)31-12-5-7-20(16-31)23-21(19-6-4-9-25-14-19)15-27-24(29-23)30-10-2-1-3-11-30/h4,6,9,14-15,17-18,20H,1-3,5,7-8,10-13,16H2/t20-/m0/s1. The number of amides is 1. The summed E-state index contributed by atoms with van der Waals surface area (Å²) < 4.78 is 1.70. The molecule has 1 amide bonds. The van der Waals surface area contributed by atoms with E-state index in [-0.39, 0.29) is 11.8 Å². The van der Waals surface area contributed by atoms with Gasteiger partial charge in [0, 0.05) is 68.2 Å². The highest BCUT2D eigenvalue weighted by Gasteiger charge is 2.29. The quantitative estimate of drug-likeness (QED) is 0.575. The first-order chi connectivity index (χ1) is 16.3. The molecule has 33 heavy (non-hydrogen) atoms. The van der Waals surface area contributed by atoms with E-state index in [0.29, 0.717) is 19.5 Å². The van der Waals surface area contributed by atoms with E-state index in [2.05, 4.69) is 26.0 Å². The van der Waals surface area contributed by atoms with Crippen LogP contribution < -0.4 is 4.90 Å². The number of carbonyl (C=O) groups excluding carboxylic acids is 1. The molecule has 3 aromatic rings. The molecule has 5 rings (SSSR count). The molecule has 2 saturated heterocycles. The summed E-state index contributed by atoms with van der Waals surface area (Å²) in [5.74, 6) is 1.14. The number of pyridine rings is 1. The van der Waals surface area contributed by atoms with Crippen LogP contribution in [0, 0.1) is 0 Å². The molecule has 9 nitrogen and oxygen atoms in total. The zero-order chi connectivity index (χ0) is 22.5. The highest BCUT2D eigenvalue weighted by molar-refractivity contribution is 5.76. The Bertz CT molecular complexity index is 1050. The second-order valence-electron chi connectivity index (χ2n) is 8.85. The summed E-state index contributed by atoms with van der Waals surface area (Å²) in [7, 11) is 0. The third kappa shape index (κ3) is 5.02. The predicted molar refractivity (Wildman–Crippen MR) is 125 cm³/mol. The van der Waals surface area contributed by atoms with Crippen LogP contribution >= 0.6 is 0 Å². The summed E-state index contributed by atoms with van der Waals surface area (Å²) in [6.45, 7) is 4.03. The van der Waals surface area contributed by atoms with Crippen LogP contribution in [0.15, 0.2) is 43.4 Å². The molecule has 1 atom stereocenters. The Balaban J connectivity index is 1.38. The normalized spacial score (nSPS) is 19.0. The summed E-state index contributed by atoms with van der Waals surface area (Å²) in [6, 6.07) is 4.00. The largest absolute Gasteiger partial charge is 0.342 e. The summed E-state index contributed by atoms with van der Waals surface area (Å²) in [5, 5.41) is 4.10. The first-order valence-electron chi connectivity index (χ1n) is 11.9. The third-order valence-corrected chi connectivity index (χ3v) is 6.60. The molecule has 3 aromatic heterocycles. The zero-order valence-electron chi connectivity index (χ0n) is 18.9. The van der Waals surface area contributed by atoms with Crippen LogP contribution in [0.25, 0.3) is 11.1 Å². The number of hydrogen-bond donors (Lipinski definition) is 0. The van der Waals surface area contributed by atoms with E-state index in [9.17, 15) is 4.79 Å². The van der Waals surface area contributed by atoms with Gasteiger partial charge in [-0.15, -0.1) is 0 Å². The van der Waals surface area contributed by atoms with Crippen LogP contribution in [0.4, 0.5) is 5.95 Å². The highest BCUT2D eigenvalue weighted by atomic mass is 16.2. The van der Waals surface area contributed by atoms with Crippen LogP contribution in [0.2, 0.25) is 0 Å². The van der Waals surface area contributed by atoms with Gasteiger partial charge in [-0.2, -0.15) is 5.10 Å². The number of aromatic nitrogens is 6. The maximum Gasteiger partial charge on any atom is 0.225 e. The van der Waals surface area contributed by atoms with Crippen molar-refractivity contribution in [3.63, 3.8) is 0 Å². The molecule has 172 valence electrons. The van der Waals surface area contributed by atoms with Gasteiger partial charge in [0.25, 0.3) is 0 Å². The number of carbonyl (C=O) groups is 1. The van der Waals surface area contributed by atoms with Gasteiger partial charge in [-0.3, -0.25) is 14.5 Å². The van der Waals surface area contributed by atoms with Crippen molar-refractivity contribution in [3.05, 3.63) is 49.1 Å². The molecule has 0 radical (unpaired) electrons. The number of nitrogens with zero attached hydrogens (tertiary/aromatic N) is 8. The molecule has 0 aromatic carbocycles. The third-order valence-electron chi connectivity index (χ3n) is 6.60. The molecular formula is C24H30N8O. The first kappa shape index (κ1) is 21.5. The number of rotatable bonds is 6. The van der Waals surface area contributed by atoms with E-state index in [0.717, 1.165) is 55.2 Å². The Morgan fingerprint density at radius 2 is 1.97 bits per heavy atom. The molecule has 0 saturated carbocycles. The number of aryl methyl sites for hydroxylation is 1. The van der Waals surface area contributed by atoms with Crippen molar-refractivity contribution in [3.8, 4) is 11.1 Å². The van der Waals surface area contributed by atoms with Gasteiger partial charge in [-0.1, -0.05) is 6.07 Å². The van der Waals surface area contributed by atoms with Gasteiger partial charge in [0.15, 0.2) is 0 Å². The lowest BCUT2D eigenvalue weighted by Crippen LogP contribution is -2.40. The van der Waals surface area contributed by atoms with E-state index >= 15 is 0 Å². The van der Waals surface area contributed by atoms with E-state index in [4.69, 9.17) is 9.97 Å². The van der Waals surface area contributed by atoms with Crippen LogP contribution in [0.5, 0.6) is 0 Å². The van der Waals surface area contributed by atoms with Gasteiger partial charge in [0.1, 0.15) is 12.7 Å². The van der Waals surface area contributed by atoms with Crippen molar-refractivity contribution in [1.29, 1.82) is 0 Å². The van der Waals surface area contributed by atoms with Gasteiger partial charge in [0.2, 0.25) is 11.9 Å². The Morgan fingerprint density at radius 3 is 2.76 bits per heavy atom. The molecule has 2 fully saturated rings. The molecule has 0 spiro atoms. The van der Waals surface area contributed by atoms with E-state index in [1.54, 1.807) is 17.2 Å². The number of likely N-dealkylation sites (tertiary alicyclic amines) is 1. The fraction of sp³-hybridized carbons (Fsp3) is 0.500. The zero-order valence-corrected chi connectivity index (χ0v) is 18.9. The maximum atomic E-state index is 13.0. The number of anilines is 1. The van der Waals surface area contributed by atoms with Gasteiger partial charge in [-0.25, -0.2) is 15.0 Å².